The number of hydrogen-bond donors (Lipinski definition) is 2. The Kier molecular flexibility index (Phi) is 4.49. The first-order valence-corrected chi connectivity index (χ1v) is 9.40. The van der Waals surface area contributed by atoms with E-state index in [-0.39, 0.29) is 11.0 Å². The average Bonchev–Trinajstić information content (AvgIpc) is 3.40. The van der Waals surface area contributed by atoms with E-state index in [4.69, 9.17) is 5.11 Å². The normalized spacial score (nSPS) is 20.3. The molecular weight excluding hydrogens is 385 g/mol. The summed E-state index contributed by atoms with van der Waals surface area (Å²) in [5, 5.41) is 20.7. The predicted molar refractivity (Wildman–Crippen MR) is 99.6 cm³/mol. The number of nitrogens with zero attached hydrogens (tertiary/aromatic N) is 4. The van der Waals surface area contributed by atoms with Crippen molar-refractivity contribution >= 4 is 34.1 Å². The molecule has 0 saturated carbocycles. The Labute approximate surface area is 163 Å². The van der Waals surface area contributed by atoms with Gasteiger partial charge in [0.2, 0.25) is 5.91 Å². The van der Waals surface area contributed by atoms with E-state index < -0.39 is 23.2 Å². The van der Waals surface area contributed by atoms with Crippen LogP contribution in [0.15, 0.2) is 24.4 Å². The van der Waals surface area contributed by atoms with Gasteiger partial charge in [-0.15, -0.1) is 0 Å². The molecule has 2 aromatic rings. The van der Waals surface area contributed by atoms with Crippen LogP contribution in [0.3, 0.4) is 0 Å². The summed E-state index contributed by atoms with van der Waals surface area (Å²) in [7, 11) is 0. The summed E-state index contributed by atoms with van der Waals surface area (Å²) in [5.41, 5.74) is 1.42. The van der Waals surface area contributed by atoms with Crippen LogP contribution in [0.25, 0.3) is 0 Å². The monoisotopic (exact) mass is 401 g/mol. The number of rotatable bonds is 2. The molecule has 0 bridgehead atoms. The Morgan fingerprint density at radius 1 is 1.43 bits per heavy atom. The number of aliphatic hydroxyl groups is 1. The number of halogens is 1. The minimum atomic E-state index is -0.568. The maximum Gasteiger partial charge on any atom is 0.328 e. The molecule has 1 unspecified atom stereocenters. The van der Waals surface area contributed by atoms with Gasteiger partial charge >= 0.3 is 6.03 Å². The molecular formula is C18H16FN5O3S. The molecule has 3 amide bonds. The lowest BCUT2D eigenvalue weighted by Gasteiger charge is -2.25. The van der Waals surface area contributed by atoms with E-state index in [1.54, 1.807) is 23.1 Å². The van der Waals surface area contributed by atoms with Crippen molar-refractivity contribution in [3.63, 3.8) is 0 Å². The quantitative estimate of drug-likeness (QED) is 0.796. The molecule has 2 aliphatic rings. The van der Waals surface area contributed by atoms with E-state index in [2.05, 4.69) is 16.4 Å². The van der Waals surface area contributed by atoms with Crippen molar-refractivity contribution in [2.75, 3.05) is 36.5 Å². The molecule has 0 aliphatic carbocycles. The summed E-state index contributed by atoms with van der Waals surface area (Å²) in [6, 6.07) is 6.74. The standard InChI is InChI=1S/C18H16FN5O3S/c19-14-7-21-16(28-14)22-17(27)24-10-18(3-4-23(9-18)15(26)8-25)12-5-11(6-20)1-2-13(12)24/h1-2,5,7,25H,3-4,8-10H2,(H,21,22,27). The SMILES string of the molecule is N#Cc1ccc2c(c1)C1(CCN(C(=O)CO)C1)CN2C(=O)Nc1ncc(F)s1. The summed E-state index contributed by atoms with van der Waals surface area (Å²) < 4.78 is 13.2. The summed E-state index contributed by atoms with van der Waals surface area (Å²) in [5.74, 6) is -0.365. The van der Waals surface area contributed by atoms with Crippen LogP contribution < -0.4 is 10.2 Å². The second-order valence-electron chi connectivity index (χ2n) is 6.83. The molecule has 2 N–H and O–H groups in total. The lowest BCUT2D eigenvalue weighted by atomic mass is 9.81. The molecule has 4 rings (SSSR count). The minimum Gasteiger partial charge on any atom is -0.387 e. The van der Waals surface area contributed by atoms with Crippen molar-refractivity contribution in [3.05, 3.63) is 40.7 Å². The number of nitrogens with one attached hydrogen (secondary N) is 1. The highest BCUT2D eigenvalue weighted by Crippen LogP contribution is 2.47. The number of aliphatic hydroxyl groups excluding tert-OH is 1. The summed E-state index contributed by atoms with van der Waals surface area (Å²) in [6.07, 6.45) is 1.64. The first-order chi connectivity index (χ1) is 13.5. The Morgan fingerprint density at radius 2 is 2.25 bits per heavy atom. The van der Waals surface area contributed by atoms with Crippen molar-refractivity contribution in [2.45, 2.75) is 11.8 Å². The first kappa shape index (κ1) is 18.3. The zero-order valence-corrected chi connectivity index (χ0v) is 15.5. The molecule has 1 aromatic heterocycles. The number of amides is 3. The number of aromatic nitrogens is 1. The van der Waals surface area contributed by atoms with E-state index in [1.165, 1.54) is 4.90 Å². The molecule has 1 atom stereocenters. The topological polar surface area (TPSA) is 110 Å². The van der Waals surface area contributed by atoms with Gasteiger partial charge in [-0.25, -0.2) is 9.78 Å². The molecule has 1 saturated heterocycles. The molecule has 3 heterocycles. The number of fused-ring (bicyclic) bond motifs is 2. The van der Waals surface area contributed by atoms with Crippen LogP contribution in [0.2, 0.25) is 0 Å². The van der Waals surface area contributed by atoms with E-state index in [9.17, 15) is 19.2 Å². The third-order valence-electron chi connectivity index (χ3n) is 5.23. The number of carbonyl (C=O) groups is 2. The van der Waals surface area contributed by atoms with Gasteiger partial charge in [-0.05, 0) is 30.2 Å². The second-order valence-corrected chi connectivity index (χ2v) is 7.81. The van der Waals surface area contributed by atoms with Crippen molar-refractivity contribution in [1.82, 2.24) is 9.88 Å². The van der Waals surface area contributed by atoms with Crippen LogP contribution in [0.4, 0.5) is 20.0 Å². The van der Waals surface area contributed by atoms with Gasteiger partial charge in [0.1, 0.15) is 6.61 Å². The zero-order valence-electron chi connectivity index (χ0n) is 14.7. The fourth-order valence-electron chi connectivity index (χ4n) is 3.93. The smallest absolute Gasteiger partial charge is 0.328 e. The fourth-order valence-corrected chi connectivity index (χ4v) is 4.46. The van der Waals surface area contributed by atoms with E-state index in [1.807, 2.05) is 0 Å². The van der Waals surface area contributed by atoms with E-state index in [0.717, 1.165) is 23.1 Å². The molecule has 144 valence electrons. The van der Waals surface area contributed by atoms with Gasteiger partial charge in [0.15, 0.2) is 10.3 Å². The van der Waals surface area contributed by atoms with Gasteiger partial charge in [-0.1, -0.05) is 11.3 Å². The summed E-state index contributed by atoms with van der Waals surface area (Å²) in [4.78, 5) is 31.7. The molecule has 10 heteroatoms. The number of thiazole rings is 1. The van der Waals surface area contributed by atoms with E-state index in [0.29, 0.717) is 37.3 Å². The van der Waals surface area contributed by atoms with Gasteiger partial charge in [0.05, 0.1) is 17.8 Å². The molecule has 8 nitrogen and oxygen atoms in total. The van der Waals surface area contributed by atoms with E-state index >= 15 is 0 Å². The molecule has 2 aliphatic heterocycles. The van der Waals surface area contributed by atoms with Gasteiger partial charge in [-0.2, -0.15) is 9.65 Å². The minimum absolute atomic E-state index is 0.155. The Balaban J connectivity index is 1.67. The first-order valence-electron chi connectivity index (χ1n) is 8.59. The number of benzene rings is 1. The molecule has 28 heavy (non-hydrogen) atoms. The lowest BCUT2D eigenvalue weighted by Crippen LogP contribution is -2.42. The van der Waals surface area contributed by atoms with Gasteiger partial charge < -0.3 is 10.0 Å². The van der Waals surface area contributed by atoms with Crippen LogP contribution in [0, 0.1) is 16.5 Å². The van der Waals surface area contributed by atoms with Crippen LogP contribution in [-0.4, -0.2) is 53.2 Å². The van der Waals surface area contributed by atoms with Gasteiger partial charge in [0.25, 0.3) is 0 Å². The molecule has 1 aromatic carbocycles. The van der Waals surface area contributed by atoms with Crippen molar-refractivity contribution in [1.29, 1.82) is 5.26 Å². The van der Waals surface area contributed by atoms with Crippen LogP contribution in [0.5, 0.6) is 0 Å². The average molecular weight is 401 g/mol. The highest BCUT2D eigenvalue weighted by molar-refractivity contribution is 7.14. The zero-order chi connectivity index (χ0) is 19.9. The van der Waals surface area contributed by atoms with Crippen molar-refractivity contribution in [3.8, 4) is 6.07 Å². The fraction of sp³-hybridized carbons (Fsp3) is 0.333. The highest BCUT2D eigenvalue weighted by atomic mass is 32.1. The third-order valence-corrected chi connectivity index (χ3v) is 5.93. The number of hydrogen-bond acceptors (Lipinski definition) is 6. The third kappa shape index (κ3) is 2.98. The number of carbonyl (C=O) groups excluding carboxylic acids is 2. The molecule has 1 fully saturated rings. The van der Waals surface area contributed by atoms with Gasteiger partial charge in [0, 0.05) is 30.7 Å². The second kappa shape index (κ2) is 6.85. The largest absolute Gasteiger partial charge is 0.387 e. The maximum atomic E-state index is 13.2. The number of nitriles is 1. The summed E-state index contributed by atoms with van der Waals surface area (Å²) >= 11 is 0.733. The van der Waals surface area contributed by atoms with Gasteiger partial charge in [-0.3, -0.25) is 15.0 Å². The maximum absolute atomic E-state index is 13.2. The van der Waals surface area contributed by atoms with Crippen LogP contribution in [-0.2, 0) is 10.2 Å². The molecule has 0 radical (unpaired) electrons. The Morgan fingerprint density at radius 3 is 2.93 bits per heavy atom. The van der Waals surface area contributed by atoms with Crippen LogP contribution >= 0.6 is 11.3 Å². The number of likely N-dealkylation sites (tertiary alicyclic amines) is 1. The van der Waals surface area contributed by atoms with Crippen molar-refractivity contribution < 1.29 is 19.1 Å². The highest BCUT2D eigenvalue weighted by Gasteiger charge is 2.49. The van der Waals surface area contributed by atoms with Crippen LogP contribution in [0.1, 0.15) is 17.5 Å². The molecule has 1 spiro atoms. The number of urea groups is 1. The number of anilines is 2. The lowest BCUT2D eigenvalue weighted by molar-refractivity contribution is -0.133. The Hall–Kier alpha value is -3.03. The Bertz CT molecular complexity index is 1000. The predicted octanol–water partition coefficient (Wildman–Crippen LogP) is 1.67. The van der Waals surface area contributed by atoms with Crippen molar-refractivity contribution in [2.24, 2.45) is 0 Å². The summed E-state index contributed by atoms with van der Waals surface area (Å²) in [6.45, 7) is 0.555.